The Bertz CT molecular complexity index is 3290. The van der Waals surface area contributed by atoms with E-state index in [1.165, 1.54) is 49.6 Å². The molecule has 9 aromatic carbocycles. The molecule has 0 atom stereocenters. The van der Waals surface area contributed by atoms with Crippen LogP contribution in [0.2, 0.25) is 0 Å². The summed E-state index contributed by atoms with van der Waals surface area (Å²) < 4.78 is 2.42. The Labute approximate surface area is 374 Å². The van der Waals surface area contributed by atoms with E-state index in [0.717, 1.165) is 56.4 Å². The first kappa shape index (κ1) is 38.6. The number of anilines is 3. The van der Waals surface area contributed by atoms with Gasteiger partial charge in [-0.2, -0.15) is 0 Å². The molecule has 0 bridgehead atoms. The van der Waals surface area contributed by atoms with Crippen LogP contribution >= 0.6 is 0 Å². The number of para-hydroxylation sites is 3. The summed E-state index contributed by atoms with van der Waals surface area (Å²) >= 11 is 0. The molecule has 2 heterocycles. The van der Waals surface area contributed by atoms with Gasteiger partial charge in [0.1, 0.15) is 0 Å². The number of aromatic nitrogens is 3. The van der Waals surface area contributed by atoms with Crippen molar-refractivity contribution in [3.8, 4) is 61.8 Å². The summed E-state index contributed by atoms with van der Waals surface area (Å²) in [6.45, 7) is 4.48. The minimum Gasteiger partial charge on any atom is -0.310 e. The van der Waals surface area contributed by atoms with Crippen LogP contribution in [0.1, 0.15) is 11.1 Å². The minimum absolute atomic E-state index is 0.717. The molecule has 0 N–H and O–H groups in total. The molecule has 4 heteroatoms. The fourth-order valence-corrected chi connectivity index (χ4v) is 9.24. The monoisotopic (exact) mass is 820 g/mol. The second-order valence-electron chi connectivity index (χ2n) is 16.4. The molecule has 2 aromatic heterocycles. The lowest BCUT2D eigenvalue weighted by Crippen LogP contribution is -2.09. The largest absolute Gasteiger partial charge is 0.310 e. The van der Waals surface area contributed by atoms with Crippen molar-refractivity contribution in [3.63, 3.8) is 0 Å². The van der Waals surface area contributed by atoms with Crippen LogP contribution in [0.25, 0.3) is 83.6 Å². The van der Waals surface area contributed by atoms with Gasteiger partial charge in [0, 0.05) is 50.2 Å². The maximum atomic E-state index is 5.03. The molecule has 304 valence electrons. The average Bonchev–Trinajstić information content (AvgIpc) is 3.69. The van der Waals surface area contributed by atoms with Crippen molar-refractivity contribution in [2.24, 2.45) is 0 Å². The van der Waals surface area contributed by atoms with Crippen LogP contribution in [0.4, 0.5) is 17.1 Å². The van der Waals surface area contributed by atoms with Crippen LogP contribution in [0.5, 0.6) is 0 Å². The summed E-state index contributed by atoms with van der Waals surface area (Å²) in [5, 5.41) is 2.45. The van der Waals surface area contributed by atoms with E-state index in [1.807, 2.05) is 36.4 Å². The minimum atomic E-state index is 0.717. The van der Waals surface area contributed by atoms with Gasteiger partial charge in [-0.25, -0.2) is 9.97 Å². The highest BCUT2D eigenvalue weighted by molar-refractivity contribution is 6.10. The van der Waals surface area contributed by atoms with Crippen molar-refractivity contribution >= 4 is 38.9 Å². The first-order chi connectivity index (χ1) is 31.6. The molecule has 64 heavy (non-hydrogen) atoms. The Hall–Kier alpha value is -8.34. The molecule has 11 aromatic rings. The highest BCUT2D eigenvalue weighted by Crippen LogP contribution is 2.41. The molecule has 0 saturated heterocycles. The normalized spacial score (nSPS) is 11.3. The van der Waals surface area contributed by atoms with Gasteiger partial charge in [0.2, 0.25) is 0 Å². The Balaban J connectivity index is 0.904. The summed E-state index contributed by atoms with van der Waals surface area (Å²) in [4.78, 5) is 12.3. The maximum Gasteiger partial charge on any atom is 0.160 e. The molecule has 0 unspecified atom stereocenters. The van der Waals surface area contributed by atoms with Crippen LogP contribution in [0.3, 0.4) is 0 Å². The van der Waals surface area contributed by atoms with E-state index in [2.05, 4.69) is 217 Å². The van der Waals surface area contributed by atoms with Crippen molar-refractivity contribution < 1.29 is 0 Å². The Morgan fingerprint density at radius 3 is 1.38 bits per heavy atom. The molecule has 0 amide bonds. The third-order valence-electron chi connectivity index (χ3n) is 12.2. The maximum absolute atomic E-state index is 5.03. The van der Waals surface area contributed by atoms with Crippen molar-refractivity contribution in [3.05, 3.63) is 242 Å². The molecule has 0 aliphatic carbocycles. The van der Waals surface area contributed by atoms with Crippen molar-refractivity contribution in [1.82, 2.24) is 14.5 Å². The van der Waals surface area contributed by atoms with E-state index in [-0.39, 0.29) is 0 Å². The van der Waals surface area contributed by atoms with Gasteiger partial charge >= 0.3 is 0 Å². The number of aryl methyl sites for hydroxylation is 2. The predicted octanol–water partition coefficient (Wildman–Crippen LogP) is 16.0. The first-order valence-electron chi connectivity index (χ1n) is 21.8. The quantitative estimate of drug-likeness (QED) is 0.145. The van der Waals surface area contributed by atoms with Gasteiger partial charge in [-0.05, 0) is 114 Å². The fraction of sp³-hybridized carbons (Fsp3) is 0.0333. The van der Waals surface area contributed by atoms with Crippen molar-refractivity contribution in [2.75, 3.05) is 4.90 Å². The summed E-state index contributed by atoms with van der Waals surface area (Å²) in [5.74, 6) is 0.717. The van der Waals surface area contributed by atoms with Crippen LogP contribution in [-0.2, 0) is 0 Å². The van der Waals surface area contributed by atoms with Gasteiger partial charge in [-0.15, -0.1) is 0 Å². The van der Waals surface area contributed by atoms with E-state index in [1.54, 1.807) is 0 Å². The van der Waals surface area contributed by atoms with E-state index in [9.17, 15) is 0 Å². The van der Waals surface area contributed by atoms with E-state index in [0.29, 0.717) is 5.82 Å². The van der Waals surface area contributed by atoms with Gasteiger partial charge in [-0.1, -0.05) is 164 Å². The molecule has 11 rings (SSSR count). The number of hydrogen-bond donors (Lipinski definition) is 0. The van der Waals surface area contributed by atoms with Gasteiger partial charge in [-0.3, -0.25) is 0 Å². The van der Waals surface area contributed by atoms with Gasteiger partial charge in [0.05, 0.1) is 22.4 Å². The first-order valence-corrected chi connectivity index (χ1v) is 21.8. The number of fused-ring (bicyclic) bond motifs is 3. The molecule has 0 fully saturated rings. The second kappa shape index (κ2) is 16.5. The Kier molecular flexibility index (Phi) is 9.95. The van der Waals surface area contributed by atoms with Crippen LogP contribution < -0.4 is 4.90 Å². The van der Waals surface area contributed by atoms with Gasteiger partial charge < -0.3 is 9.47 Å². The lowest BCUT2D eigenvalue weighted by atomic mass is 9.93. The third kappa shape index (κ3) is 7.21. The van der Waals surface area contributed by atoms with E-state index < -0.39 is 0 Å². The molecular weight excluding hydrogens is 777 g/mol. The number of rotatable bonds is 9. The number of hydrogen-bond acceptors (Lipinski definition) is 3. The van der Waals surface area contributed by atoms with E-state index >= 15 is 0 Å². The summed E-state index contributed by atoms with van der Waals surface area (Å²) in [7, 11) is 0. The fourth-order valence-electron chi connectivity index (χ4n) is 9.24. The standard InChI is InChI=1S/C60H44N4/c1-41-37-52(64-57-26-16-15-25-53(57)54-39-51(35-36-58(54)64)63(49-21-11-5-12-22-49)50-23-13-6-14-24-50)38-42(2)59(41)47-33-29-44(30-34-47)43-27-31-46(32-28-43)56-40-55(45-17-7-3-8-18-45)61-60(62-56)48-19-9-4-10-20-48/h3-40H,1-2H3. The SMILES string of the molecule is Cc1cc(-n2c3ccccc3c3cc(N(c4ccccc4)c4ccccc4)ccc32)cc(C)c1-c1ccc(-c2ccc(-c3cc(-c4ccccc4)nc(-c4ccccc4)n3)cc2)cc1. The van der Waals surface area contributed by atoms with Crippen LogP contribution in [-0.4, -0.2) is 14.5 Å². The average molecular weight is 821 g/mol. The predicted molar refractivity (Wildman–Crippen MR) is 268 cm³/mol. The zero-order valence-corrected chi connectivity index (χ0v) is 35.7. The third-order valence-corrected chi connectivity index (χ3v) is 12.2. The molecule has 0 aliphatic rings. The number of benzene rings is 9. The van der Waals surface area contributed by atoms with Crippen LogP contribution in [0.15, 0.2) is 231 Å². The molecule has 0 aliphatic heterocycles. The van der Waals surface area contributed by atoms with Gasteiger partial charge in [0.25, 0.3) is 0 Å². The van der Waals surface area contributed by atoms with Gasteiger partial charge in [0.15, 0.2) is 5.82 Å². The highest BCUT2D eigenvalue weighted by Gasteiger charge is 2.19. The second-order valence-corrected chi connectivity index (χ2v) is 16.4. The van der Waals surface area contributed by atoms with E-state index in [4.69, 9.17) is 9.97 Å². The molecule has 0 radical (unpaired) electrons. The summed E-state index contributed by atoms with van der Waals surface area (Å²) in [6, 6.07) is 81.9. The number of nitrogens with zero attached hydrogens (tertiary/aromatic N) is 4. The smallest absolute Gasteiger partial charge is 0.160 e. The zero-order chi connectivity index (χ0) is 43.0. The lowest BCUT2D eigenvalue weighted by Gasteiger charge is -2.25. The van der Waals surface area contributed by atoms with Crippen molar-refractivity contribution in [2.45, 2.75) is 13.8 Å². The molecule has 4 nitrogen and oxygen atoms in total. The zero-order valence-electron chi connectivity index (χ0n) is 35.7. The molecule has 0 saturated carbocycles. The summed E-state index contributed by atoms with van der Waals surface area (Å²) in [6.07, 6.45) is 0. The Morgan fingerprint density at radius 1 is 0.344 bits per heavy atom. The van der Waals surface area contributed by atoms with Crippen molar-refractivity contribution in [1.29, 1.82) is 0 Å². The van der Waals surface area contributed by atoms with Crippen LogP contribution in [0, 0.1) is 13.8 Å². The highest BCUT2D eigenvalue weighted by atomic mass is 15.1. The lowest BCUT2D eigenvalue weighted by molar-refractivity contribution is 1.16. The summed E-state index contributed by atoms with van der Waals surface area (Å²) in [5.41, 5.74) is 19.1. The topological polar surface area (TPSA) is 34.0 Å². The molecular formula is C60H44N4. The molecule has 0 spiro atoms. The Morgan fingerprint density at radius 2 is 0.797 bits per heavy atom.